The van der Waals surface area contributed by atoms with E-state index in [1.165, 1.54) is 12.1 Å². The minimum absolute atomic E-state index is 0.352. The largest absolute Gasteiger partial charge is 0.396 e. The maximum absolute atomic E-state index is 13.5. The third-order valence-electron chi connectivity index (χ3n) is 5.39. The van der Waals surface area contributed by atoms with Gasteiger partial charge in [0.15, 0.2) is 0 Å². The molecule has 1 fully saturated rings. The Morgan fingerprint density at radius 3 is 2.10 bits per heavy atom. The Bertz CT molecular complexity index is 839. The molecule has 0 spiro atoms. The summed E-state index contributed by atoms with van der Waals surface area (Å²) < 4.78 is 32.6. The van der Waals surface area contributed by atoms with Crippen LogP contribution in [0.25, 0.3) is 11.1 Å². The van der Waals surface area contributed by atoms with Crippen molar-refractivity contribution < 1.29 is 39.1 Å². The van der Waals surface area contributed by atoms with E-state index in [4.69, 9.17) is 4.74 Å². The van der Waals surface area contributed by atoms with Gasteiger partial charge >= 0.3 is 0 Å². The van der Waals surface area contributed by atoms with Crippen LogP contribution < -0.4 is 0 Å². The summed E-state index contributed by atoms with van der Waals surface area (Å²) in [6.07, 6.45) is -6.68. The van der Waals surface area contributed by atoms with E-state index in [1.807, 2.05) is 0 Å². The second-order valence-electron chi connectivity index (χ2n) is 7.31. The van der Waals surface area contributed by atoms with Crippen molar-refractivity contribution in [1.29, 1.82) is 0 Å². The number of hydrogen-bond acceptors (Lipinski definition) is 6. The lowest BCUT2D eigenvalue weighted by Gasteiger charge is -2.43. The van der Waals surface area contributed by atoms with Gasteiger partial charge in [0.2, 0.25) is 0 Å². The molecule has 0 aliphatic carbocycles. The maximum atomic E-state index is 13.5. The molecule has 1 heterocycles. The van der Waals surface area contributed by atoms with Gasteiger partial charge in [0.25, 0.3) is 0 Å². The van der Waals surface area contributed by atoms with Crippen molar-refractivity contribution in [3.8, 4) is 11.1 Å². The van der Waals surface area contributed by atoms with Crippen molar-refractivity contribution in [1.82, 2.24) is 0 Å². The van der Waals surface area contributed by atoms with E-state index in [0.29, 0.717) is 22.3 Å². The highest BCUT2D eigenvalue weighted by Gasteiger charge is 2.46. The van der Waals surface area contributed by atoms with Crippen molar-refractivity contribution in [3.63, 3.8) is 0 Å². The normalized spacial score (nSPS) is 28.3. The highest BCUT2D eigenvalue weighted by atomic mass is 19.1. The molecule has 2 aromatic rings. The molecule has 1 saturated heterocycles. The molecule has 0 unspecified atom stereocenters. The molecule has 0 aromatic heterocycles. The zero-order chi connectivity index (χ0) is 21.3. The van der Waals surface area contributed by atoms with Gasteiger partial charge in [0, 0.05) is 12.0 Å². The summed E-state index contributed by atoms with van der Waals surface area (Å²) in [5, 5.41) is 49.6. The minimum atomic E-state index is -1.55. The summed E-state index contributed by atoms with van der Waals surface area (Å²) in [7, 11) is 0. The summed E-state index contributed by atoms with van der Waals surface area (Å²) >= 11 is 0. The van der Waals surface area contributed by atoms with Crippen LogP contribution in [0.15, 0.2) is 36.4 Å². The lowest BCUT2D eigenvalue weighted by atomic mass is 9.82. The molecular weight excluding hydrogens is 386 g/mol. The van der Waals surface area contributed by atoms with E-state index in [0.717, 1.165) is 6.07 Å². The van der Waals surface area contributed by atoms with Gasteiger partial charge in [-0.25, -0.2) is 8.78 Å². The smallest absolute Gasteiger partial charge is 0.126 e. The van der Waals surface area contributed by atoms with Crippen LogP contribution in [0.1, 0.15) is 17.0 Å². The first-order valence-corrected chi connectivity index (χ1v) is 9.25. The molecule has 0 radical (unpaired) electrons. The summed E-state index contributed by atoms with van der Waals surface area (Å²) in [4.78, 5) is 0. The summed E-state index contributed by atoms with van der Waals surface area (Å²) in [5.41, 5.74) is 2.18. The number of aliphatic hydroxyl groups excluding tert-OH is 5. The van der Waals surface area contributed by atoms with E-state index in [2.05, 4.69) is 0 Å². The molecule has 6 nitrogen and oxygen atoms in total. The molecule has 1 aliphatic rings. The second kappa shape index (κ2) is 8.83. The molecule has 2 aromatic carbocycles. The topological polar surface area (TPSA) is 110 Å². The lowest BCUT2D eigenvalue weighted by molar-refractivity contribution is -0.236. The van der Waals surface area contributed by atoms with Crippen LogP contribution in [0, 0.1) is 18.6 Å². The van der Waals surface area contributed by atoms with Crippen molar-refractivity contribution in [2.75, 3.05) is 13.2 Å². The van der Waals surface area contributed by atoms with Crippen LogP contribution in [0.2, 0.25) is 0 Å². The van der Waals surface area contributed by atoms with Gasteiger partial charge in [-0.1, -0.05) is 18.2 Å². The zero-order valence-electron chi connectivity index (χ0n) is 15.7. The number of aliphatic hydroxyl groups is 5. The molecular formula is C21H24F2O6. The molecule has 0 saturated carbocycles. The molecule has 158 valence electrons. The monoisotopic (exact) mass is 410 g/mol. The highest BCUT2D eigenvalue weighted by molar-refractivity contribution is 5.65. The third-order valence-corrected chi connectivity index (χ3v) is 5.39. The van der Waals surface area contributed by atoms with Gasteiger partial charge in [-0.15, -0.1) is 0 Å². The van der Waals surface area contributed by atoms with Gasteiger partial charge in [-0.3, -0.25) is 0 Å². The van der Waals surface area contributed by atoms with E-state index >= 15 is 0 Å². The van der Waals surface area contributed by atoms with Crippen LogP contribution in [-0.2, 0) is 4.74 Å². The van der Waals surface area contributed by atoms with E-state index in [-0.39, 0.29) is 0 Å². The van der Waals surface area contributed by atoms with E-state index in [1.54, 1.807) is 25.1 Å². The Morgan fingerprint density at radius 2 is 1.55 bits per heavy atom. The number of rotatable bonds is 5. The molecule has 1 aliphatic heterocycles. The Balaban J connectivity index is 1.93. The third kappa shape index (κ3) is 4.32. The molecule has 6 atom stereocenters. The molecule has 29 heavy (non-hydrogen) atoms. The fraction of sp³-hybridized carbons (Fsp3) is 0.429. The van der Waals surface area contributed by atoms with Gasteiger partial charge in [-0.2, -0.15) is 0 Å². The number of benzene rings is 2. The van der Waals surface area contributed by atoms with Crippen molar-refractivity contribution >= 4 is 0 Å². The number of halogens is 2. The van der Waals surface area contributed by atoms with Crippen LogP contribution in [0.5, 0.6) is 0 Å². The van der Waals surface area contributed by atoms with Crippen LogP contribution in [0.4, 0.5) is 8.78 Å². The van der Waals surface area contributed by atoms with Crippen molar-refractivity contribution in [2.24, 2.45) is 0 Å². The van der Waals surface area contributed by atoms with Crippen molar-refractivity contribution in [2.45, 2.75) is 43.4 Å². The highest BCUT2D eigenvalue weighted by Crippen LogP contribution is 2.34. The Morgan fingerprint density at radius 1 is 0.897 bits per heavy atom. The number of hydrogen-bond donors (Lipinski definition) is 5. The van der Waals surface area contributed by atoms with Gasteiger partial charge in [0.05, 0.1) is 19.3 Å². The average Bonchev–Trinajstić information content (AvgIpc) is 2.68. The predicted octanol–water partition coefficient (Wildman–Crippen LogP) is 0.859. The molecule has 5 N–H and O–H groups in total. The van der Waals surface area contributed by atoms with Crippen LogP contribution in [-0.4, -0.2) is 69.3 Å². The van der Waals surface area contributed by atoms with Crippen LogP contribution >= 0.6 is 0 Å². The number of aryl methyl sites for hydroxylation is 1. The first-order valence-electron chi connectivity index (χ1n) is 9.25. The van der Waals surface area contributed by atoms with Gasteiger partial charge in [0.1, 0.15) is 36.1 Å². The second-order valence-corrected chi connectivity index (χ2v) is 7.31. The fourth-order valence-corrected chi connectivity index (χ4v) is 3.83. The van der Waals surface area contributed by atoms with E-state index < -0.39 is 61.3 Å². The summed E-state index contributed by atoms with van der Waals surface area (Å²) in [6.45, 7) is 0.737. The number of ether oxygens (including phenoxy) is 1. The molecule has 3 rings (SSSR count). The fourth-order valence-electron chi connectivity index (χ4n) is 3.83. The van der Waals surface area contributed by atoms with Gasteiger partial charge in [-0.05, 0) is 41.3 Å². The zero-order valence-corrected chi connectivity index (χ0v) is 15.7. The molecule has 0 bridgehead atoms. The SMILES string of the molecule is Cc1cc(-c2cc(F)cc(F)c2)ccc1[C@@H](CO)[C@H]1O[C@H](CO)[C@@H](O)[C@H](O)[C@@H]1O. The van der Waals surface area contributed by atoms with E-state index in [9.17, 15) is 34.3 Å². The average molecular weight is 410 g/mol. The Hall–Kier alpha value is -1.94. The lowest BCUT2D eigenvalue weighted by Crippen LogP contribution is -2.60. The predicted molar refractivity (Wildman–Crippen MR) is 100 cm³/mol. The van der Waals surface area contributed by atoms with Crippen molar-refractivity contribution in [3.05, 3.63) is 59.2 Å². The van der Waals surface area contributed by atoms with Gasteiger partial charge < -0.3 is 30.3 Å². The quantitative estimate of drug-likeness (QED) is 0.500. The minimum Gasteiger partial charge on any atom is -0.396 e. The van der Waals surface area contributed by atoms with Crippen LogP contribution in [0.3, 0.4) is 0 Å². The maximum Gasteiger partial charge on any atom is 0.126 e. The first-order chi connectivity index (χ1) is 13.8. The standard InChI is InChI=1S/C21H24F2O6/c1-10-4-11(12-5-13(22)7-14(23)6-12)2-3-15(10)16(8-24)21-20(28)19(27)18(26)17(9-25)29-21/h2-7,16-21,24-28H,8-9H2,1H3/t16-,17-,18-,19+,20+,21-/m1/s1. The molecule has 0 amide bonds. The Kier molecular flexibility index (Phi) is 6.62. The molecule has 8 heteroatoms. The first kappa shape index (κ1) is 21.8. The summed E-state index contributed by atoms with van der Waals surface area (Å²) in [6, 6.07) is 8.16. The Labute approximate surface area is 166 Å². The summed E-state index contributed by atoms with van der Waals surface area (Å²) in [5.74, 6) is -2.16.